The maximum absolute atomic E-state index is 2.64. The van der Waals surface area contributed by atoms with Crippen LogP contribution in [0.1, 0.15) is 30.5 Å². The molecule has 0 spiro atoms. The van der Waals surface area contributed by atoms with E-state index in [9.17, 15) is 0 Å². The van der Waals surface area contributed by atoms with E-state index in [2.05, 4.69) is 165 Å². The Balaban J connectivity index is 1.29. The Morgan fingerprint density at radius 2 is 1.08 bits per heavy atom. The fourth-order valence-corrected chi connectivity index (χ4v) is 9.69. The number of para-hydroxylation sites is 4. The highest BCUT2D eigenvalue weighted by Crippen LogP contribution is 2.49. The summed E-state index contributed by atoms with van der Waals surface area (Å²) in [5.74, 6) is 0. The third-order valence-corrected chi connectivity index (χ3v) is 11.7. The van der Waals surface area contributed by atoms with Gasteiger partial charge >= 0.3 is 0 Å². The van der Waals surface area contributed by atoms with Crippen LogP contribution in [0.2, 0.25) is 0 Å². The van der Waals surface area contributed by atoms with Crippen LogP contribution in [-0.4, -0.2) is 13.5 Å². The third kappa shape index (κ3) is 3.58. The van der Waals surface area contributed by atoms with Crippen LogP contribution in [0.15, 0.2) is 146 Å². The molecule has 0 atom stereocenters. The molecule has 51 heavy (non-hydrogen) atoms. The highest BCUT2D eigenvalue weighted by Gasteiger charge is 2.26. The summed E-state index contributed by atoms with van der Waals surface area (Å²) in [6.07, 6.45) is 6.89. The lowest BCUT2D eigenvalue weighted by atomic mass is 9.99. The van der Waals surface area contributed by atoms with E-state index in [0.717, 1.165) is 25.7 Å². The van der Waals surface area contributed by atoms with Crippen molar-refractivity contribution in [2.24, 2.45) is 0 Å². The Labute approximate surface area is 294 Å². The summed E-state index contributed by atoms with van der Waals surface area (Å²) in [4.78, 5) is 0. The molecule has 12 rings (SSSR count). The molecule has 0 amide bonds. The maximum Gasteiger partial charge on any atom is 0.0628 e. The Morgan fingerprint density at radius 3 is 1.92 bits per heavy atom. The molecular weight excluding hydrogens is 619 g/mol. The van der Waals surface area contributed by atoms with Gasteiger partial charge in [-0.15, -0.1) is 0 Å². The van der Waals surface area contributed by atoms with E-state index in [4.69, 9.17) is 0 Å². The topological polar surface area (TPSA) is 14.3 Å². The first-order valence-corrected chi connectivity index (χ1v) is 18.3. The Kier molecular flexibility index (Phi) is 5.45. The van der Waals surface area contributed by atoms with Crippen molar-refractivity contribution in [2.75, 3.05) is 0 Å². The summed E-state index contributed by atoms with van der Waals surface area (Å²) in [6.45, 7) is 0. The summed E-state index contributed by atoms with van der Waals surface area (Å²) in [7, 11) is 0. The van der Waals surface area contributed by atoms with Gasteiger partial charge in [-0.2, -0.15) is 0 Å². The molecule has 11 aromatic rings. The predicted molar refractivity (Wildman–Crippen MR) is 217 cm³/mol. The lowest BCUT2D eigenvalue weighted by Gasteiger charge is -2.18. The largest absolute Gasteiger partial charge is 0.313 e. The van der Waals surface area contributed by atoms with Crippen molar-refractivity contribution in [3.63, 3.8) is 0 Å². The molecule has 4 heterocycles. The molecule has 240 valence electrons. The highest BCUT2D eigenvalue weighted by atomic mass is 15.0. The van der Waals surface area contributed by atoms with Crippen LogP contribution >= 0.6 is 0 Å². The molecule has 0 saturated carbocycles. The van der Waals surface area contributed by atoms with Crippen LogP contribution in [0.3, 0.4) is 0 Å². The second-order valence-corrected chi connectivity index (χ2v) is 14.3. The molecule has 0 saturated heterocycles. The summed E-state index contributed by atoms with van der Waals surface area (Å²) in [6, 6.07) is 54.1. The Morgan fingerprint density at radius 1 is 0.412 bits per heavy atom. The Hall–Kier alpha value is -6.32. The van der Waals surface area contributed by atoms with E-state index in [1.54, 1.807) is 0 Å². The van der Waals surface area contributed by atoms with Gasteiger partial charge in [0, 0.05) is 60.3 Å². The van der Waals surface area contributed by atoms with Crippen molar-refractivity contribution >= 4 is 93.3 Å². The molecule has 0 unspecified atom stereocenters. The highest BCUT2D eigenvalue weighted by molar-refractivity contribution is 6.38. The maximum atomic E-state index is 2.64. The molecule has 7 aromatic carbocycles. The lowest BCUT2D eigenvalue weighted by molar-refractivity contribution is 0.719. The van der Waals surface area contributed by atoms with Gasteiger partial charge in [-0.3, -0.25) is 0 Å². The second-order valence-electron chi connectivity index (χ2n) is 14.3. The zero-order valence-electron chi connectivity index (χ0n) is 28.1. The molecule has 0 bridgehead atoms. The van der Waals surface area contributed by atoms with E-state index in [-0.39, 0.29) is 0 Å². The molecule has 3 nitrogen and oxygen atoms in total. The van der Waals surface area contributed by atoms with Crippen LogP contribution < -0.4 is 0 Å². The molecule has 0 fully saturated rings. The van der Waals surface area contributed by atoms with E-state index in [1.165, 1.54) is 104 Å². The van der Waals surface area contributed by atoms with E-state index >= 15 is 0 Å². The Bertz CT molecular complexity index is 3240. The van der Waals surface area contributed by atoms with Crippen LogP contribution in [0.4, 0.5) is 0 Å². The van der Waals surface area contributed by atoms with Crippen LogP contribution in [0, 0.1) is 0 Å². The van der Waals surface area contributed by atoms with Gasteiger partial charge < -0.3 is 13.5 Å². The molecule has 0 radical (unpaired) electrons. The fraction of sp³-hybridized carbons (Fsp3) is 0.0833. The van der Waals surface area contributed by atoms with Gasteiger partial charge in [-0.1, -0.05) is 103 Å². The van der Waals surface area contributed by atoms with Gasteiger partial charge in [0.15, 0.2) is 0 Å². The number of nitrogens with zero attached hydrogens (tertiary/aromatic N) is 3. The van der Waals surface area contributed by atoms with Gasteiger partial charge in [-0.05, 0) is 85.0 Å². The van der Waals surface area contributed by atoms with Gasteiger partial charge in [0.1, 0.15) is 0 Å². The minimum absolute atomic E-state index is 1.02. The summed E-state index contributed by atoms with van der Waals surface area (Å²) < 4.78 is 7.67. The summed E-state index contributed by atoms with van der Waals surface area (Å²) >= 11 is 0. The smallest absolute Gasteiger partial charge is 0.0628 e. The molecule has 4 aromatic heterocycles. The van der Waals surface area contributed by atoms with Crippen molar-refractivity contribution in [1.29, 1.82) is 0 Å². The van der Waals surface area contributed by atoms with E-state index in [1.807, 2.05) is 0 Å². The first-order chi connectivity index (χ1) is 25.3. The van der Waals surface area contributed by atoms with Gasteiger partial charge in [0.25, 0.3) is 0 Å². The van der Waals surface area contributed by atoms with Crippen molar-refractivity contribution in [2.45, 2.75) is 25.7 Å². The third-order valence-electron chi connectivity index (χ3n) is 11.7. The standard InChI is InChI=1S/C48H33N3/c1-2-15-31(16-3-1)49-39-22-11-7-19-34(39)37-28-32(17-5-10-25-42(37)49)50-43-27-26-30-14-4-6-18-33(30)45(43)47-44(50)29-38-35-20-8-12-23-40(35)51-41-24-13-9-21-36(41)46(47)48(38)51/h1-4,6-9,11-16,18-24,26-29H,5,10,17,25H2. The normalized spacial score (nSPS) is 14.1. The minimum Gasteiger partial charge on any atom is -0.313 e. The number of aromatic nitrogens is 3. The van der Waals surface area contributed by atoms with Crippen LogP contribution in [0.25, 0.3) is 99.0 Å². The van der Waals surface area contributed by atoms with Crippen molar-refractivity contribution < 1.29 is 0 Å². The van der Waals surface area contributed by atoms with Crippen molar-refractivity contribution in [1.82, 2.24) is 13.5 Å². The zero-order chi connectivity index (χ0) is 33.2. The van der Waals surface area contributed by atoms with Crippen molar-refractivity contribution in [3.05, 3.63) is 157 Å². The van der Waals surface area contributed by atoms with Crippen LogP contribution in [0.5, 0.6) is 0 Å². The van der Waals surface area contributed by atoms with Gasteiger partial charge in [-0.25, -0.2) is 0 Å². The summed E-state index contributed by atoms with van der Waals surface area (Å²) in [5, 5.41) is 11.9. The molecule has 1 aliphatic carbocycles. The first kappa shape index (κ1) is 27.5. The number of fused-ring (bicyclic) bond motifs is 15. The molecule has 0 aliphatic heterocycles. The van der Waals surface area contributed by atoms with E-state index < -0.39 is 0 Å². The molecule has 1 aliphatic rings. The number of rotatable bonds is 2. The molecule has 3 heteroatoms. The predicted octanol–water partition coefficient (Wildman–Crippen LogP) is 12.8. The molecule has 0 N–H and O–H groups in total. The average molecular weight is 652 g/mol. The lowest BCUT2D eigenvalue weighted by Crippen LogP contribution is -2.05. The zero-order valence-corrected chi connectivity index (χ0v) is 28.1. The number of hydrogen-bond donors (Lipinski definition) is 0. The van der Waals surface area contributed by atoms with E-state index in [0.29, 0.717) is 0 Å². The minimum atomic E-state index is 1.02. The summed E-state index contributed by atoms with van der Waals surface area (Å²) in [5.41, 5.74) is 13.1. The number of allylic oxidation sites excluding steroid dienone is 1. The fourth-order valence-electron chi connectivity index (χ4n) is 9.69. The quantitative estimate of drug-likeness (QED) is 0.177. The van der Waals surface area contributed by atoms with Crippen LogP contribution in [-0.2, 0) is 6.42 Å². The van der Waals surface area contributed by atoms with Crippen molar-refractivity contribution in [3.8, 4) is 5.69 Å². The number of benzene rings is 7. The second kappa shape index (κ2) is 10.1. The monoisotopic (exact) mass is 651 g/mol. The average Bonchev–Trinajstić information content (AvgIpc) is 3.89. The van der Waals surface area contributed by atoms with Gasteiger partial charge in [0.2, 0.25) is 0 Å². The first-order valence-electron chi connectivity index (χ1n) is 18.3. The SMILES string of the molecule is C1=C(n2c3ccc4ccccc4c3c3c4c5ccccc5n5c6ccccc6c(cc32)c45)CCCCc2c1c1ccccc1n2-c1ccccc1. The number of hydrogen-bond acceptors (Lipinski definition) is 0. The van der Waals surface area contributed by atoms with Gasteiger partial charge in [0.05, 0.1) is 33.1 Å². The molecular formula is C48H33N3.